The first-order valence-electron chi connectivity index (χ1n) is 6.23. The number of pyridine rings is 1. The molecule has 90 valence electrons. The molecule has 0 radical (unpaired) electrons. The minimum absolute atomic E-state index is 0.690. The average molecular weight is 221 g/mol. The van der Waals surface area contributed by atoms with E-state index in [1.807, 2.05) is 39.2 Å². The number of hydrogen-bond acceptors (Lipinski definition) is 3. The van der Waals surface area contributed by atoms with Gasteiger partial charge in [-0.15, -0.1) is 0 Å². The summed E-state index contributed by atoms with van der Waals surface area (Å²) in [5, 5.41) is 3.33. The van der Waals surface area contributed by atoms with E-state index in [0.717, 1.165) is 18.9 Å². The Labute approximate surface area is 98.9 Å². The van der Waals surface area contributed by atoms with Crippen LogP contribution in [0.25, 0.3) is 0 Å². The Morgan fingerprint density at radius 1 is 1.25 bits per heavy atom. The second-order valence-corrected chi connectivity index (χ2v) is 3.74. The van der Waals surface area contributed by atoms with Crippen LogP contribution in [0.1, 0.15) is 26.7 Å². The van der Waals surface area contributed by atoms with E-state index in [0.29, 0.717) is 6.04 Å². The van der Waals surface area contributed by atoms with Crippen LogP contribution < -0.4 is 10.2 Å². The van der Waals surface area contributed by atoms with E-state index < -0.39 is 0 Å². The van der Waals surface area contributed by atoms with E-state index in [1.165, 1.54) is 12.8 Å². The first-order chi connectivity index (χ1) is 7.90. The van der Waals surface area contributed by atoms with Crippen molar-refractivity contribution in [1.82, 2.24) is 10.3 Å². The van der Waals surface area contributed by atoms with Crippen molar-refractivity contribution in [1.29, 1.82) is 0 Å². The molecular formula is C13H23N3. The van der Waals surface area contributed by atoms with Crippen molar-refractivity contribution in [2.75, 3.05) is 25.0 Å². The molecule has 3 nitrogen and oxygen atoms in total. The lowest BCUT2D eigenvalue weighted by Gasteiger charge is -2.32. The fraction of sp³-hybridized carbons (Fsp3) is 0.615. The lowest BCUT2D eigenvalue weighted by Crippen LogP contribution is -2.41. The number of nitrogens with one attached hydrogen (secondary N) is 1. The predicted molar refractivity (Wildman–Crippen MR) is 69.9 cm³/mol. The van der Waals surface area contributed by atoms with Gasteiger partial charge in [0.2, 0.25) is 0 Å². The van der Waals surface area contributed by atoms with Crippen LogP contribution in [-0.4, -0.2) is 31.2 Å². The molecule has 1 aromatic rings. The number of rotatable bonds is 2. The summed E-state index contributed by atoms with van der Waals surface area (Å²) < 4.78 is 0. The molecule has 1 fully saturated rings. The molecule has 3 heteroatoms. The van der Waals surface area contributed by atoms with Gasteiger partial charge in [-0.3, -0.25) is 0 Å². The highest BCUT2D eigenvalue weighted by molar-refractivity contribution is 5.38. The molecule has 0 atom stereocenters. The van der Waals surface area contributed by atoms with Crippen molar-refractivity contribution in [2.45, 2.75) is 32.7 Å². The van der Waals surface area contributed by atoms with Crippen LogP contribution in [-0.2, 0) is 0 Å². The van der Waals surface area contributed by atoms with E-state index in [2.05, 4.69) is 21.3 Å². The molecule has 2 rings (SSSR count). The smallest absolute Gasteiger partial charge is 0.128 e. The van der Waals surface area contributed by atoms with E-state index in [4.69, 9.17) is 0 Å². The lowest BCUT2D eigenvalue weighted by molar-refractivity contribution is 0.441. The molecule has 0 unspecified atom stereocenters. The maximum atomic E-state index is 4.36. The summed E-state index contributed by atoms with van der Waals surface area (Å²) in [5.74, 6) is 1.11. The summed E-state index contributed by atoms with van der Waals surface area (Å²) in [6.45, 7) is 6.23. The SMILES string of the molecule is CC.CNC1CCN(c2ccccn2)CC1. The normalized spacial score (nSPS) is 16.6. The minimum Gasteiger partial charge on any atom is -0.357 e. The van der Waals surface area contributed by atoms with Crippen LogP contribution in [0.3, 0.4) is 0 Å². The number of aromatic nitrogens is 1. The maximum absolute atomic E-state index is 4.36. The Kier molecular flexibility index (Phi) is 5.86. The van der Waals surface area contributed by atoms with E-state index in [1.54, 1.807) is 0 Å². The summed E-state index contributed by atoms with van der Waals surface area (Å²) >= 11 is 0. The molecule has 0 bridgehead atoms. The quantitative estimate of drug-likeness (QED) is 0.830. The summed E-state index contributed by atoms with van der Waals surface area (Å²) in [6.07, 6.45) is 4.29. The van der Waals surface area contributed by atoms with Crippen molar-refractivity contribution in [3.63, 3.8) is 0 Å². The Bertz CT molecular complexity index is 266. The van der Waals surface area contributed by atoms with Crippen LogP contribution in [0, 0.1) is 0 Å². The highest BCUT2D eigenvalue weighted by Crippen LogP contribution is 2.16. The van der Waals surface area contributed by atoms with E-state index >= 15 is 0 Å². The zero-order chi connectivity index (χ0) is 11.8. The zero-order valence-corrected chi connectivity index (χ0v) is 10.6. The van der Waals surface area contributed by atoms with Gasteiger partial charge in [0.25, 0.3) is 0 Å². The van der Waals surface area contributed by atoms with Crippen LogP contribution >= 0.6 is 0 Å². The third-order valence-corrected chi connectivity index (χ3v) is 2.88. The molecule has 0 aromatic carbocycles. The van der Waals surface area contributed by atoms with Gasteiger partial charge < -0.3 is 10.2 Å². The second kappa shape index (κ2) is 7.23. The van der Waals surface area contributed by atoms with Gasteiger partial charge in [0, 0.05) is 25.3 Å². The molecule has 1 aromatic heterocycles. The molecule has 16 heavy (non-hydrogen) atoms. The molecule has 0 amide bonds. The molecule has 1 N–H and O–H groups in total. The van der Waals surface area contributed by atoms with Gasteiger partial charge in [-0.05, 0) is 32.0 Å². The fourth-order valence-corrected chi connectivity index (χ4v) is 1.94. The maximum Gasteiger partial charge on any atom is 0.128 e. The molecule has 1 aliphatic rings. The highest BCUT2D eigenvalue weighted by atomic mass is 15.2. The Morgan fingerprint density at radius 2 is 1.94 bits per heavy atom. The summed E-state index contributed by atoms with van der Waals surface area (Å²) in [7, 11) is 2.04. The van der Waals surface area contributed by atoms with E-state index in [-0.39, 0.29) is 0 Å². The molecule has 1 aliphatic heterocycles. The Balaban J connectivity index is 0.000000606. The van der Waals surface area contributed by atoms with Gasteiger partial charge in [0.05, 0.1) is 0 Å². The second-order valence-electron chi connectivity index (χ2n) is 3.74. The zero-order valence-electron chi connectivity index (χ0n) is 10.6. The first-order valence-corrected chi connectivity index (χ1v) is 6.23. The van der Waals surface area contributed by atoms with Crippen molar-refractivity contribution in [3.8, 4) is 0 Å². The van der Waals surface area contributed by atoms with Gasteiger partial charge in [-0.25, -0.2) is 4.98 Å². The third kappa shape index (κ3) is 3.49. The monoisotopic (exact) mass is 221 g/mol. The molecule has 0 aliphatic carbocycles. The number of piperidine rings is 1. The van der Waals surface area contributed by atoms with Crippen LogP contribution in [0.5, 0.6) is 0 Å². The number of hydrogen-bond donors (Lipinski definition) is 1. The van der Waals surface area contributed by atoms with Crippen molar-refractivity contribution in [2.24, 2.45) is 0 Å². The van der Waals surface area contributed by atoms with Crippen molar-refractivity contribution in [3.05, 3.63) is 24.4 Å². The van der Waals surface area contributed by atoms with Gasteiger partial charge in [0.1, 0.15) is 5.82 Å². The topological polar surface area (TPSA) is 28.2 Å². The number of anilines is 1. The third-order valence-electron chi connectivity index (χ3n) is 2.88. The van der Waals surface area contributed by atoms with E-state index in [9.17, 15) is 0 Å². The van der Waals surface area contributed by atoms with Gasteiger partial charge in [0.15, 0.2) is 0 Å². The van der Waals surface area contributed by atoms with Gasteiger partial charge in [-0.2, -0.15) is 0 Å². The predicted octanol–water partition coefficient (Wildman–Crippen LogP) is 2.30. The lowest BCUT2D eigenvalue weighted by atomic mass is 10.1. The molecule has 2 heterocycles. The van der Waals surface area contributed by atoms with Crippen molar-refractivity contribution >= 4 is 5.82 Å². The van der Waals surface area contributed by atoms with Crippen LogP contribution in [0.2, 0.25) is 0 Å². The summed E-state index contributed by atoms with van der Waals surface area (Å²) in [4.78, 5) is 6.71. The average Bonchev–Trinajstić information content (AvgIpc) is 2.42. The highest BCUT2D eigenvalue weighted by Gasteiger charge is 2.17. The first kappa shape index (κ1) is 13.0. The Hall–Kier alpha value is -1.09. The summed E-state index contributed by atoms with van der Waals surface area (Å²) in [5.41, 5.74) is 0. The molecule has 1 saturated heterocycles. The standard InChI is InChI=1S/C11H17N3.C2H6/c1-12-10-5-8-14(9-6-10)11-4-2-3-7-13-11;1-2/h2-4,7,10,12H,5-6,8-9H2,1H3;1-2H3. The van der Waals surface area contributed by atoms with Crippen molar-refractivity contribution < 1.29 is 0 Å². The van der Waals surface area contributed by atoms with Gasteiger partial charge >= 0.3 is 0 Å². The molecule has 0 saturated carbocycles. The fourth-order valence-electron chi connectivity index (χ4n) is 1.94. The summed E-state index contributed by atoms with van der Waals surface area (Å²) in [6, 6.07) is 6.78. The molecular weight excluding hydrogens is 198 g/mol. The van der Waals surface area contributed by atoms with Gasteiger partial charge in [-0.1, -0.05) is 19.9 Å². The van der Waals surface area contributed by atoms with Crippen LogP contribution in [0.4, 0.5) is 5.82 Å². The Morgan fingerprint density at radius 3 is 2.44 bits per heavy atom. The largest absolute Gasteiger partial charge is 0.357 e. The minimum atomic E-state index is 0.690. The van der Waals surface area contributed by atoms with Crippen LogP contribution in [0.15, 0.2) is 24.4 Å². The number of nitrogens with zero attached hydrogens (tertiary/aromatic N) is 2. The molecule has 0 spiro atoms.